The minimum atomic E-state index is -0.178. The van der Waals surface area contributed by atoms with Crippen LogP contribution in [0, 0.1) is 0 Å². The number of nitrogens with one attached hydrogen (secondary N) is 2. The van der Waals surface area contributed by atoms with Crippen LogP contribution in [-0.2, 0) is 13.6 Å². The molecule has 1 aliphatic rings. The van der Waals surface area contributed by atoms with Crippen LogP contribution >= 0.6 is 0 Å². The third-order valence-corrected chi connectivity index (χ3v) is 4.53. The zero-order valence-corrected chi connectivity index (χ0v) is 14.3. The van der Waals surface area contributed by atoms with Gasteiger partial charge in [0, 0.05) is 44.5 Å². The second-order valence-corrected chi connectivity index (χ2v) is 6.50. The highest BCUT2D eigenvalue weighted by Gasteiger charge is 2.26. The molecular formula is C18H25N5O. The van der Waals surface area contributed by atoms with Gasteiger partial charge in [-0.05, 0) is 25.3 Å². The summed E-state index contributed by atoms with van der Waals surface area (Å²) in [6, 6.07) is 12.8. The molecule has 1 aliphatic heterocycles. The number of aryl methyl sites for hydroxylation is 1. The van der Waals surface area contributed by atoms with Crippen molar-refractivity contribution in [3.05, 3.63) is 48.2 Å². The monoisotopic (exact) mass is 327 g/mol. The summed E-state index contributed by atoms with van der Waals surface area (Å²) < 4.78 is 1.67. The molecule has 6 nitrogen and oxygen atoms in total. The van der Waals surface area contributed by atoms with Crippen molar-refractivity contribution in [1.29, 1.82) is 0 Å². The van der Waals surface area contributed by atoms with Gasteiger partial charge in [-0.25, -0.2) is 4.79 Å². The van der Waals surface area contributed by atoms with Gasteiger partial charge in [0.25, 0.3) is 0 Å². The number of rotatable bonds is 4. The van der Waals surface area contributed by atoms with E-state index < -0.39 is 0 Å². The highest BCUT2D eigenvalue weighted by molar-refractivity contribution is 5.88. The summed E-state index contributed by atoms with van der Waals surface area (Å²) in [5.41, 5.74) is 1.34. The number of nitrogens with zero attached hydrogens (tertiary/aromatic N) is 3. The predicted octanol–water partition coefficient (Wildman–Crippen LogP) is 2.59. The molecule has 1 saturated heterocycles. The molecule has 2 aromatic rings. The zero-order valence-electron chi connectivity index (χ0n) is 14.3. The summed E-state index contributed by atoms with van der Waals surface area (Å²) in [6.07, 6.45) is 3.73. The lowest BCUT2D eigenvalue weighted by molar-refractivity contribution is 0.131. The van der Waals surface area contributed by atoms with Crippen molar-refractivity contribution >= 4 is 11.8 Å². The molecule has 2 atom stereocenters. The highest BCUT2D eigenvalue weighted by Crippen LogP contribution is 2.20. The molecule has 0 saturated carbocycles. The van der Waals surface area contributed by atoms with Gasteiger partial charge >= 0.3 is 6.03 Å². The fourth-order valence-corrected chi connectivity index (χ4v) is 3.22. The van der Waals surface area contributed by atoms with Crippen LogP contribution in [0.1, 0.15) is 25.3 Å². The topological polar surface area (TPSA) is 62.2 Å². The molecule has 0 radical (unpaired) electrons. The van der Waals surface area contributed by atoms with Crippen LogP contribution in [0.25, 0.3) is 0 Å². The Balaban J connectivity index is 1.47. The van der Waals surface area contributed by atoms with E-state index in [4.69, 9.17) is 0 Å². The molecule has 0 spiro atoms. The van der Waals surface area contributed by atoms with Crippen molar-refractivity contribution in [1.82, 2.24) is 20.0 Å². The van der Waals surface area contributed by atoms with E-state index in [1.807, 2.05) is 13.1 Å². The first-order valence-electron chi connectivity index (χ1n) is 8.45. The molecule has 6 heteroatoms. The van der Waals surface area contributed by atoms with E-state index in [0.29, 0.717) is 11.9 Å². The van der Waals surface area contributed by atoms with E-state index in [0.717, 1.165) is 25.9 Å². The Labute approximate surface area is 142 Å². The molecule has 0 bridgehead atoms. The second-order valence-electron chi connectivity index (χ2n) is 6.50. The number of likely N-dealkylation sites (tertiary alicyclic amines) is 1. The molecule has 24 heavy (non-hydrogen) atoms. The number of benzene rings is 1. The lowest BCUT2D eigenvalue weighted by Gasteiger charge is -2.38. The predicted molar refractivity (Wildman–Crippen MR) is 94.7 cm³/mol. The van der Waals surface area contributed by atoms with Gasteiger partial charge in [-0.2, -0.15) is 5.10 Å². The van der Waals surface area contributed by atoms with E-state index in [-0.39, 0.29) is 12.1 Å². The summed E-state index contributed by atoms with van der Waals surface area (Å²) in [5.74, 6) is 0.574. The van der Waals surface area contributed by atoms with Crippen molar-refractivity contribution < 1.29 is 4.79 Å². The molecular weight excluding hydrogens is 302 g/mol. The Hall–Kier alpha value is -2.34. The molecule has 128 valence electrons. The lowest BCUT2D eigenvalue weighted by Crippen LogP contribution is -2.49. The maximum absolute atomic E-state index is 12.1. The number of anilines is 1. The number of hydrogen-bond donors (Lipinski definition) is 2. The van der Waals surface area contributed by atoms with Crippen molar-refractivity contribution in [3.8, 4) is 0 Å². The standard InChI is InChI=1S/C18H25N5O/c1-14-12-16(19-18(24)20-17-9-10-22(2)21-17)8-11-23(14)13-15-6-4-3-5-7-15/h3-7,9-10,14,16H,8,11-13H2,1-2H3,(H2,19,20,21,24)/t14-,16-/m0/s1. The maximum atomic E-state index is 12.1. The number of piperidine rings is 1. The quantitative estimate of drug-likeness (QED) is 0.907. The Morgan fingerprint density at radius 1 is 1.29 bits per heavy atom. The van der Waals surface area contributed by atoms with Gasteiger partial charge in [0.2, 0.25) is 0 Å². The largest absolute Gasteiger partial charge is 0.335 e. The van der Waals surface area contributed by atoms with Crippen LogP contribution in [0.3, 0.4) is 0 Å². The van der Waals surface area contributed by atoms with Crippen LogP contribution in [0.4, 0.5) is 10.6 Å². The van der Waals surface area contributed by atoms with Crippen LogP contribution < -0.4 is 10.6 Å². The number of urea groups is 1. The Morgan fingerprint density at radius 3 is 2.75 bits per heavy atom. The first-order valence-corrected chi connectivity index (χ1v) is 8.45. The minimum Gasteiger partial charge on any atom is -0.335 e. The summed E-state index contributed by atoms with van der Waals surface area (Å²) in [7, 11) is 1.83. The van der Waals surface area contributed by atoms with Gasteiger partial charge in [-0.15, -0.1) is 0 Å². The van der Waals surface area contributed by atoms with Crippen LogP contribution in [0.2, 0.25) is 0 Å². The number of carbonyl (C=O) groups is 1. The average molecular weight is 327 g/mol. The summed E-state index contributed by atoms with van der Waals surface area (Å²) >= 11 is 0. The fraction of sp³-hybridized carbons (Fsp3) is 0.444. The van der Waals surface area contributed by atoms with Crippen molar-refractivity contribution in [2.75, 3.05) is 11.9 Å². The van der Waals surface area contributed by atoms with E-state index in [1.54, 1.807) is 16.9 Å². The number of carbonyl (C=O) groups excluding carboxylic acids is 1. The third kappa shape index (κ3) is 4.35. The van der Waals surface area contributed by atoms with Crippen LogP contribution in [0.5, 0.6) is 0 Å². The van der Waals surface area contributed by atoms with Crippen molar-refractivity contribution in [2.24, 2.45) is 7.05 Å². The lowest BCUT2D eigenvalue weighted by atomic mass is 9.97. The normalized spacial score (nSPS) is 21.4. The smallest absolute Gasteiger partial charge is 0.320 e. The molecule has 0 aliphatic carbocycles. The molecule has 2 heterocycles. The summed E-state index contributed by atoms with van der Waals surface area (Å²) in [4.78, 5) is 14.6. The van der Waals surface area contributed by atoms with Gasteiger partial charge in [0.1, 0.15) is 0 Å². The van der Waals surface area contributed by atoms with Crippen LogP contribution in [-0.4, -0.2) is 39.3 Å². The SMILES string of the molecule is C[C@H]1C[C@@H](NC(=O)Nc2ccn(C)n2)CCN1Cc1ccccc1. The number of hydrogen-bond acceptors (Lipinski definition) is 3. The molecule has 2 N–H and O–H groups in total. The van der Waals surface area contributed by atoms with Gasteiger partial charge in [-0.1, -0.05) is 30.3 Å². The molecule has 0 unspecified atom stereocenters. The average Bonchev–Trinajstić information content (AvgIpc) is 2.96. The Morgan fingerprint density at radius 2 is 2.08 bits per heavy atom. The number of aromatic nitrogens is 2. The first-order chi connectivity index (χ1) is 11.6. The Bertz CT molecular complexity index is 669. The van der Waals surface area contributed by atoms with Gasteiger partial charge in [-0.3, -0.25) is 14.9 Å². The molecule has 1 aromatic heterocycles. The second kappa shape index (κ2) is 7.49. The maximum Gasteiger partial charge on any atom is 0.320 e. The Kier molecular flexibility index (Phi) is 5.15. The van der Waals surface area contributed by atoms with E-state index >= 15 is 0 Å². The van der Waals surface area contributed by atoms with Crippen molar-refractivity contribution in [2.45, 2.75) is 38.4 Å². The fourth-order valence-electron chi connectivity index (χ4n) is 3.22. The van der Waals surface area contributed by atoms with Gasteiger partial charge in [0.05, 0.1) is 0 Å². The summed E-state index contributed by atoms with van der Waals surface area (Å²) in [6.45, 7) is 4.19. The molecule has 2 amide bonds. The van der Waals surface area contributed by atoms with Crippen LogP contribution in [0.15, 0.2) is 42.6 Å². The molecule has 3 rings (SSSR count). The highest BCUT2D eigenvalue weighted by atomic mass is 16.2. The van der Waals surface area contributed by atoms with Crippen molar-refractivity contribution in [3.63, 3.8) is 0 Å². The van der Waals surface area contributed by atoms with E-state index in [2.05, 4.69) is 51.8 Å². The van der Waals surface area contributed by atoms with E-state index in [1.165, 1.54) is 5.56 Å². The molecule has 1 aromatic carbocycles. The number of amides is 2. The minimum absolute atomic E-state index is 0.178. The van der Waals surface area contributed by atoms with Gasteiger partial charge < -0.3 is 5.32 Å². The first kappa shape index (κ1) is 16.5. The zero-order chi connectivity index (χ0) is 16.9. The van der Waals surface area contributed by atoms with Gasteiger partial charge in [0.15, 0.2) is 5.82 Å². The third-order valence-electron chi connectivity index (χ3n) is 4.53. The van der Waals surface area contributed by atoms with E-state index in [9.17, 15) is 4.79 Å². The molecule has 1 fully saturated rings. The summed E-state index contributed by atoms with van der Waals surface area (Å²) in [5, 5.41) is 10.00.